The van der Waals surface area contributed by atoms with Gasteiger partial charge in [-0.3, -0.25) is 9.48 Å². The predicted octanol–water partition coefficient (Wildman–Crippen LogP) is 0.00170. The normalized spacial score (nSPS) is 25.4. The van der Waals surface area contributed by atoms with E-state index in [-0.39, 0.29) is 11.9 Å². The van der Waals surface area contributed by atoms with E-state index in [9.17, 15) is 4.79 Å². The van der Waals surface area contributed by atoms with Crippen molar-refractivity contribution in [3.63, 3.8) is 0 Å². The Labute approximate surface area is 95.2 Å². The van der Waals surface area contributed by atoms with E-state index in [0.29, 0.717) is 5.92 Å². The van der Waals surface area contributed by atoms with Crippen LogP contribution in [0, 0.1) is 0 Å². The number of likely N-dealkylation sites (N-methyl/N-ethyl adjacent to an activating group) is 1. The first-order valence-corrected chi connectivity index (χ1v) is 5.65. The van der Waals surface area contributed by atoms with Gasteiger partial charge in [-0.1, -0.05) is 0 Å². The molecule has 5 nitrogen and oxygen atoms in total. The van der Waals surface area contributed by atoms with E-state index in [4.69, 9.17) is 0 Å². The lowest BCUT2D eigenvalue weighted by Crippen LogP contribution is -2.47. The average molecular weight is 222 g/mol. The molecule has 1 amide bonds. The van der Waals surface area contributed by atoms with E-state index in [0.717, 1.165) is 25.1 Å². The number of nitrogens with zero attached hydrogens (tertiary/aromatic N) is 2. The minimum Gasteiger partial charge on any atom is -0.358 e. The molecule has 0 spiro atoms. The van der Waals surface area contributed by atoms with Gasteiger partial charge in [-0.15, -0.1) is 0 Å². The number of hydrogen-bond acceptors (Lipinski definition) is 3. The van der Waals surface area contributed by atoms with Crippen molar-refractivity contribution in [3.8, 4) is 0 Å². The first kappa shape index (κ1) is 11.1. The smallest absolute Gasteiger partial charge is 0.236 e. The minimum atomic E-state index is -0.0780. The maximum Gasteiger partial charge on any atom is 0.236 e. The highest BCUT2D eigenvalue weighted by Crippen LogP contribution is 2.26. The van der Waals surface area contributed by atoms with Crippen molar-refractivity contribution in [1.29, 1.82) is 0 Å². The van der Waals surface area contributed by atoms with Crippen molar-refractivity contribution in [2.24, 2.45) is 7.05 Å². The van der Waals surface area contributed by atoms with Gasteiger partial charge in [-0.2, -0.15) is 5.10 Å². The molecule has 0 radical (unpaired) electrons. The molecule has 1 aromatic rings. The number of carbonyl (C=O) groups excluding carboxylic acids is 1. The Hall–Kier alpha value is -1.36. The number of hydrogen-bond donors (Lipinski definition) is 2. The fourth-order valence-corrected chi connectivity index (χ4v) is 2.21. The van der Waals surface area contributed by atoms with Crippen LogP contribution in [0.2, 0.25) is 0 Å². The first-order chi connectivity index (χ1) is 7.70. The van der Waals surface area contributed by atoms with Gasteiger partial charge in [0.2, 0.25) is 5.91 Å². The van der Waals surface area contributed by atoms with Crippen LogP contribution in [0.4, 0.5) is 0 Å². The Morgan fingerprint density at radius 3 is 3.12 bits per heavy atom. The maximum absolute atomic E-state index is 11.5. The molecule has 2 rings (SSSR count). The highest BCUT2D eigenvalue weighted by molar-refractivity contribution is 5.81. The second-order valence-electron chi connectivity index (χ2n) is 4.26. The third-order valence-electron chi connectivity index (χ3n) is 3.12. The summed E-state index contributed by atoms with van der Waals surface area (Å²) in [6.07, 6.45) is 3.83. The summed E-state index contributed by atoms with van der Waals surface area (Å²) >= 11 is 0. The molecule has 0 aromatic carbocycles. The van der Waals surface area contributed by atoms with E-state index < -0.39 is 0 Å². The molecule has 16 heavy (non-hydrogen) atoms. The van der Waals surface area contributed by atoms with Gasteiger partial charge in [0.1, 0.15) is 0 Å². The van der Waals surface area contributed by atoms with Crippen LogP contribution < -0.4 is 10.6 Å². The number of aryl methyl sites for hydroxylation is 1. The minimum absolute atomic E-state index is 0.0700. The Morgan fingerprint density at radius 1 is 1.69 bits per heavy atom. The van der Waals surface area contributed by atoms with Gasteiger partial charge in [0.25, 0.3) is 0 Å². The van der Waals surface area contributed by atoms with Crippen molar-refractivity contribution in [2.75, 3.05) is 13.6 Å². The van der Waals surface area contributed by atoms with Crippen LogP contribution in [-0.4, -0.2) is 35.3 Å². The van der Waals surface area contributed by atoms with Crippen molar-refractivity contribution in [1.82, 2.24) is 20.4 Å². The molecule has 1 fully saturated rings. The molecule has 0 aliphatic carbocycles. The zero-order valence-electron chi connectivity index (χ0n) is 9.73. The SMILES string of the molecule is CNC(=O)C1CC(c2ccn(C)n2)CCN1. The topological polar surface area (TPSA) is 59.0 Å². The molecule has 88 valence electrons. The van der Waals surface area contributed by atoms with Gasteiger partial charge in [0, 0.05) is 26.2 Å². The summed E-state index contributed by atoms with van der Waals surface area (Å²) < 4.78 is 1.81. The summed E-state index contributed by atoms with van der Waals surface area (Å²) in [6.45, 7) is 0.874. The summed E-state index contributed by atoms with van der Waals surface area (Å²) in [5, 5.41) is 10.3. The van der Waals surface area contributed by atoms with E-state index in [1.54, 1.807) is 7.05 Å². The molecule has 2 unspecified atom stereocenters. The van der Waals surface area contributed by atoms with Gasteiger partial charge in [0.15, 0.2) is 0 Å². The Bertz CT molecular complexity index is 374. The Kier molecular flexibility index (Phi) is 3.24. The molecule has 2 N–H and O–H groups in total. The quantitative estimate of drug-likeness (QED) is 0.740. The van der Waals surface area contributed by atoms with Crippen LogP contribution in [0.25, 0.3) is 0 Å². The lowest BCUT2D eigenvalue weighted by atomic mass is 9.89. The number of aromatic nitrogens is 2. The lowest BCUT2D eigenvalue weighted by Gasteiger charge is -2.28. The standard InChI is InChI=1S/C11H18N4O/c1-12-11(16)10-7-8(3-5-13-10)9-4-6-15(2)14-9/h4,6,8,10,13H,3,5,7H2,1-2H3,(H,12,16). The Balaban J connectivity index is 2.04. The third-order valence-corrected chi connectivity index (χ3v) is 3.12. The molecule has 0 saturated carbocycles. The summed E-state index contributed by atoms with van der Waals surface area (Å²) in [6, 6.07) is 1.96. The molecular weight excluding hydrogens is 204 g/mol. The van der Waals surface area contributed by atoms with Crippen LogP contribution >= 0.6 is 0 Å². The number of nitrogens with one attached hydrogen (secondary N) is 2. The molecule has 0 bridgehead atoms. The van der Waals surface area contributed by atoms with Crippen LogP contribution in [0.5, 0.6) is 0 Å². The second kappa shape index (κ2) is 4.65. The van der Waals surface area contributed by atoms with Crippen LogP contribution in [-0.2, 0) is 11.8 Å². The van der Waals surface area contributed by atoms with Gasteiger partial charge < -0.3 is 10.6 Å². The van der Waals surface area contributed by atoms with Gasteiger partial charge in [-0.25, -0.2) is 0 Å². The highest BCUT2D eigenvalue weighted by atomic mass is 16.2. The number of rotatable bonds is 2. The van der Waals surface area contributed by atoms with E-state index in [1.165, 1.54) is 0 Å². The van der Waals surface area contributed by atoms with Crippen molar-refractivity contribution >= 4 is 5.91 Å². The van der Waals surface area contributed by atoms with Gasteiger partial charge >= 0.3 is 0 Å². The van der Waals surface area contributed by atoms with Crippen LogP contribution in [0.3, 0.4) is 0 Å². The molecule has 2 atom stereocenters. The average Bonchev–Trinajstić information content (AvgIpc) is 2.75. The molecule has 1 saturated heterocycles. The van der Waals surface area contributed by atoms with Crippen LogP contribution in [0.15, 0.2) is 12.3 Å². The maximum atomic E-state index is 11.5. The molecule has 2 heterocycles. The number of amides is 1. The van der Waals surface area contributed by atoms with Gasteiger partial charge in [-0.05, 0) is 25.5 Å². The summed E-state index contributed by atoms with van der Waals surface area (Å²) in [4.78, 5) is 11.5. The summed E-state index contributed by atoms with van der Waals surface area (Å²) in [5.41, 5.74) is 1.10. The summed E-state index contributed by atoms with van der Waals surface area (Å²) in [7, 11) is 3.59. The molecule has 1 aliphatic heterocycles. The fraction of sp³-hybridized carbons (Fsp3) is 0.636. The Morgan fingerprint density at radius 2 is 2.50 bits per heavy atom. The number of piperidine rings is 1. The molecule has 1 aromatic heterocycles. The van der Waals surface area contributed by atoms with Gasteiger partial charge in [0.05, 0.1) is 11.7 Å². The van der Waals surface area contributed by atoms with Crippen molar-refractivity contribution in [2.45, 2.75) is 24.8 Å². The van der Waals surface area contributed by atoms with Crippen molar-refractivity contribution < 1.29 is 4.79 Å². The zero-order chi connectivity index (χ0) is 11.5. The highest BCUT2D eigenvalue weighted by Gasteiger charge is 2.28. The second-order valence-corrected chi connectivity index (χ2v) is 4.26. The first-order valence-electron chi connectivity index (χ1n) is 5.65. The number of carbonyl (C=O) groups is 1. The fourth-order valence-electron chi connectivity index (χ4n) is 2.21. The monoisotopic (exact) mass is 222 g/mol. The molecule has 5 heteroatoms. The van der Waals surface area contributed by atoms with Crippen molar-refractivity contribution in [3.05, 3.63) is 18.0 Å². The largest absolute Gasteiger partial charge is 0.358 e. The van der Waals surface area contributed by atoms with E-state index in [1.807, 2.05) is 24.0 Å². The molecule has 1 aliphatic rings. The molecular formula is C11H18N4O. The predicted molar refractivity (Wildman–Crippen MR) is 61.0 cm³/mol. The van der Waals surface area contributed by atoms with E-state index >= 15 is 0 Å². The zero-order valence-corrected chi connectivity index (χ0v) is 9.73. The van der Waals surface area contributed by atoms with Crippen LogP contribution in [0.1, 0.15) is 24.5 Å². The third kappa shape index (κ3) is 2.24. The summed E-state index contributed by atoms with van der Waals surface area (Å²) in [5.74, 6) is 0.463. The van der Waals surface area contributed by atoms with E-state index in [2.05, 4.69) is 15.7 Å². The lowest BCUT2D eigenvalue weighted by molar-refractivity contribution is -0.123.